The predicted octanol–water partition coefficient (Wildman–Crippen LogP) is 0.175. The summed E-state index contributed by atoms with van der Waals surface area (Å²) in [5.41, 5.74) is 0.152. The number of halogens is 1. The van der Waals surface area contributed by atoms with Crippen molar-refractivity contribution >= 4 is 16.1 Å². The molecule has 18 heavy (non-hydrogen) atoms. The van der Waals surface area contributed by atoms with Crippen LogP contribution in [-0.4, -0.2) is 43.5 Å². The minimum absolute atomic E-state index is 0.152. The van der Waals surface area contributed by atoms with E-state index in [1.807, 2.05) is 0 Å². The minimum Gasteiger partial charge on any atom is -0.484 e. The second-order valence-corrected chi connectivity index (χ2v) is 6.26. The Hall–Kier alpha value is -1.47. The molecule has 1 aromatic rings. The van der Waals surface area contributed by atoms with E-state index >= 15 is 0 Å². The molecule has 0 aromatic heterocycles. The molecular formula is C11H11FO5S. The molecule has 0 saturated carbocycles. The van der Waals surface area contributed by atoms with Crippen LogP contribution >= 0.6 is 0 Å². The topological polar surface area (TPSA) is 80.7 Å². The van der Waals surface area contributed by atoms with Crippen molar-refractivity contribution in [3.63, 3.8) is 0 Å². The number of hydrogen-bond donors (Lipinski definition) is 1. The molecule has 98 valence electrons. The quantitative estimate of drug-likeness (QED) is 0.795. The normalized spacial score (nSPS) is 25.9. The Labute approximate surface area is 103 Å². The Bertz CT molecular complexity index is 569. The molecule has 7 heteroatoms. The van der Waals surface area contributed by atoms with E-state index in [4.69, 9.17) is 4.74 Å². The van der Waals surface area contributed by atoms with Crippen LogP contribution in [0.25, 0.3) is 0 Å². The molecule has 1 heterocycles. The van der Waals surface area contributed by atoms with Crippen molar-refractivity contribution in [3.8, 4) is 5.75 Å². The molecule has 1 fully saturated rings. The lowest BCUT2D eigenvalue weighted by molar-refractivity contribution is 0.0710. The highest BCUT2D eigenvalue weighted by Crippen LogP contribution is 2.23. The number of carbonyl (C=O) groups is 1. The Morgan fingerprint density at radius 3 is 2.61 bits per heavy atom. The van der Waals surface area contributed by atoms with Gasteiger partial charge in [-0.1, -0.05) is 0 Å². The van der Waals surface area contributed by atoms with Gasteiger partial charge in [-0.05, 0) is 18.2 Å². The van der Waals surface area contributed by atoms with Gasteiger partial charge < -0.3 is 9.84 Å². The summed E-state index contributed by atoms with van der Waals surface area (Å²) in [6.45, 7) is 0. The lowest BCUT2D eigenvalue weighted by Crippen LogP contribution is -2.30. The van der Waals surface area contributed by atoms with Gasteiger partial charge in [-0.3, -0.25) is 4.79 Å². The molecule has 1 aliphatic heterocycles. The average Bonchev–Trinajstić information content (AvgIpc) is 2.54. The number of aldehydes is 1. The second-order valence-electron chi connectivity index (χ2n) is 4.11. The Morgan fingerprint density at radius 2 is 2.11 bits per heavy atom. The van der Waals surface area contributed by atoms with Gasteiger partial charge >= 0.3 is 0 Å². The van der Waals surface area contributed by atoms with Crippen molar-refractivity contribution in [3.05, 3.63) is 29.6 Å². The third-order valence-corrected chi connectivity index (χ3v) is 4.33. The number of aliphatic hydroxyl groups excluding tert-OH is 1. The molecule has 2 rings (SSSR count). The first-order chi connectivity index (χ1) is 8.41. The molecule has 5 nitrogen and oxygen atoms in total. The van der Waals surface area contributed by atoms with E-state index < -0.39 is 27.9 Å². The lowest BCUT2D eigenvalue weighted by Gasteiger charge is -2.16. The van der Waals surface area contributed by atoms with Crippen LogP contribution in [0.2, 0.25) is 0 Å². The van der Waals surface area contributed by atoms with Crippen LogP contribution in [0.3, 0.4) is 0 Å². The fourth-order valence-electron chi connectivity index (χ4n) is 1.76. The number of rotatable bonds is 3. The summed E-state index contributed by atoms with van der Waals surface area (Å²) in [4.78, 5) is 10.4. The summed E-state index contributed by atoms with van der Waals surface area (Å²) < 4.78 is 41.1. The summed E-state index contributed by atoms with van der Waals surface area (Å²) in [5, 5.41) is 9.49. The van der Waals surface area contributed by atoms with Crippen molar-refractivity contribution < 1.29 is 27.4 Å². The summed E-state index contributed by atoms with van der Waals surface area (Å²) >= 11 is 0. The first-order valence-electron chi connectivity index (χ1n) is 5.21. The van der Waals surface area contributed by atoms with Gasteiger partial charge in [-0.2, -0.15) is 0 Å². The number of aliphatic hydroxyl groups is 1. The Balaban J connectivity index is 2.17. The van der Waals surface area contributed by atoms with Gasteiger partial charge in [0.1, 0.15) is 18.5 Å². The smallest absolute Gasteiger partial charge is 0.165 e. The first-order valence-corrected chi connectivity index (χ1v) is 7.03. The number of carbonyl (C=O) groups excluding carboxylic acids is 1. The van der Waals surface area contributed by atoms with E-state index in [1.165, 1.54) is 12.1 Å². The van der Waals surface area contributed by atoms with Crippen LogP contribution in [0, 0.1) is 5.82 Å². The van der Waals surface area contributed by atoms with Crippen molar-refractivity contribution in [1.29, 1.82) is 0 Å². The van der Waals surface area contributed by atoms with Crippen LogP contribution in [-0.2, 0) is 9.84 Å². The van der Waals surface area contributed by atoms with E-state index in [0.717, 1.165) is 6.07 Å². The second kappa shape index (κ2) is 4.66. The monoisotopic (exact) mass is 274 g/mol. The largest absolute Gasteiger partial charge is 0.484 e. The number of ether oxygens (including phenoxy) is 1. The van der Waals surface area contributed by atoms with E-state index in [-0.39, 0.29) is 22.8 Å². The maximum Gasteiger partial charge on any atom is 0.165 e. The average molecular weight is 274 g/mol. The van der Waals surface area contributed by atoms with Crippen molar-refractivity contribution in [2.45, 2.75) is 12.2 Å². The fourth-order valence-corrected chi connectivity index (χ4v) is 3.42. The Kier molecular flexibility index (Phi) is 3.36. The summed E-state index contributed by atoms with van der Waals surface area (Å²) in [7, 11) is -3.34. The fraction of sp³-hybridized carbons (Fsp3) is 0.364. The summed E-state index contributed by atoms with van der Waals surface area (Å²) in [6, 6.07) is 3.57. The number of sulfone groups is 1. The first kappa shape index (κ1) is 13.0. The summed E-state index contributed by atoms with van der Waals surface area (Å²) in [6.07, 6.45) is -1.66. The van der Waals surface area contributed by atoms with E-state index in [1.54, 1.807) is 0 Å². The van der Waals surface area contributed by atoms with Gasteiger partial charge in [0, 0.05) is 5.56 Å². The van der Waals surface area contributed by atoms with Crippen LogP contribution in [0.4, 0.5) is 4.39 Å². The molecule has 1 aliphatic rings. The molecular weight excluding hydrogens is 263 g/mol. The molecule has 0 spiro atoms. The van der Waals surface area contributed by atoms with Crippen LogP contribution < -0.4 is 4.74 Å². The Morgan fingerprint density at radius 1 is 1.39 bits per heavy atom. The molecule has 0 aliphatic carbocycles. The van der Waals surface area contributed by atoms with E-state index in [0.29, 0.717) is 6.29 Å². The van der Waals surface area contributed by atoms with Crippen LogP contribution in [0.15, 0.2) is 18.2 Å². The molecule has 1 aromatic carbocycles. The number of benzene rings is 1. The molecule has 0 bridgehead atoms. The van der Waals surface area contributed by atoms with Crippen molar-refractivity contribution in [1.82, 2.24) is 0 Å². The van der Waals surface area contributed by atoms with E-state index in [9.17, 15) is 22.7 Å². The van der Waals surface area contributed by atoms with Crippen molar-refractivity contribution in [2.24, 2.45) is 0 Å². The molecule has 2 atom stereocenters. The zero-order chi connectivity index (χ0) is 13.3. The molecule has 2 unspecified atom stereocenters. The van der Waals surface area contributed by atoms with Crippen LogP contribution in [0.5, 0.6) is 5.75 Å². The number of hydrogen-bond acceptors (Lipinski definition) is 5. The van der Waals surface area contributed by atoms with Crippen LogP contribution in [0.1, 0.15) is 10.4 Å². The predicted molar refractivity (Wildman–Crippen MR) is 60.9 cm³/mol. The highest BCUT2D eigenvalue weighted by molar-refractivity contribution is 7.91. The zero-order valence-electron chi connectivity index (χ0n) is 9.24. The molecule has 0 radical (unpaired) electrons. The maximum absolute atomic E-state index is 13.5. The SMILES string of the molecule is O=Cc1ccc(OC2CS(=O)(=O)CC2O)c(F)c1. The standard InChI is InChI=1S/C11H11FO5S/c12-8-3-7(4-13)1-2-10(8)17-11-6-18(15,16)5-9(11)14/h1-4,9,11,14H,5-6H2. The zero-order valence-corrected chi connectivity index (χ0v) is 10.1. The van der Waals surface area contributed by atoms with Crippen molar-refractivity contribution in [2.75, 3.05) is 11.5 Å². The molecule has 1 saturated heterocycles. The van der Waals surface area contributed by atoms with Gasteiger partial charge in [0.25, 0.3) is 0 Å². The van der Waals surface area contributed by atoms with Gasteiger partial charge in [0.2, 0.25) is 0 Å². The summed E-state index contributed by atoms with van der Waals surface area (Å²) in [5.74, 6) is -1.67. The minimum atomic E-state index is -3.34. The van der Waals surface area contributed by atoms with Gasteiger partial charge in [0.15, 0.2) is 21.4 Å². The third kappa shape index (κ3) is 2.68. The highest BCUT2D eigenvalue weighted by Gasteiger charge is 2.38. The highest BCUT2D eigenvalue weighted by atomic mass is 32.2. The van der Waals surface area contributed by atoms with Gasteiger partial charge in [0.05, 0.1) is 11.5 Å². The van der Waals surface area contributed by atoms with Gasteiger partial charge in [-0.15, -0.1) is 0 Å². The van der Waals surface area contributed by atoms with E-state index in [2.05, 4.69) is 0 Å². The third-order valence-electron chi connectivity index (χ3n) is 2.64. The molecule has 0 amide bonds. The lowest BCUT2D eigenvalue weighted by atomic mass is 10.2. The maximum atomic E-state index is 13.5. The molecule has 1 N–H and O–H groups in total. The van der Waals surface area contributed by atoms with Gasteiger partial charge in [-0.25, -0.2) is 12.8 Å².